The molecule has 0 saturated heterocycles. The van der Waals surface area contributed by atoms with E-state index in [9.17, 15) is 0 Å². The van der Waals surface area contributed by atoms with Gasteiger partial charge in [-0.2, -0.15) is 0 Å². The number of rotatable bonds is 2. The number of furan rings is 1. The minimum Gasteiger partial charge on any atom is -0.454 e. The maximum absolute atomic E-state index is 5.44. The Bertz CT molecular complexity index is 256. The van der Waals surface area contributed by atoms with Crippen molar-refractivity contribution in [3.63, 3.8) is 0 Å². The van der Waals surface area contributed by atoms with Gasteiger partial charge in [0.05, 0.1) is 0 Å². The van der Waals surface area contributed by atoms with Gasteiger partial charge in [0, 0.05) is 11.2 Å². The first-order chi connectivity index (χ1) is 5.31. The Labute approximate surface area is 82.4 Å². The fourth-order valence-electron chi connectivity index (χ4n) is 1.29. The Morgan fingerprint density at radius 3 is 2.82 bits per heavy atom. The highest BCUT2D eigenvalue weighted by Gasteiger charge is 2.39. The molecule has 3 heteroatoms. The largest absolute Gasteiger partial charge is 0.454 e. The summed E-state index contributed by atoms with van der Waals surface area (Å²) in [5.74, 6) is 2.59. The zero-order valence-electron chi connectivity index (χ0n) is 5.89. The molecular weight excluding hydrogens is 272 g/mol. The van der Waals surface area contributed by atoms with Gasteiger partial charge in [-0.05, 0) is 40.4 Å². The number of alkyl halides is 1. The molecule has 0 aliphatic heterocycles. The summed E-state index contributed by atoms with van der Waals surface area (Å²) in [4.78, 5) is 0. The number of hydrogen-bond donors (Lipinski definition) is 0. The van der Waals surface area contributed by atoms with Gasteiger partial charge in [0.2, 0.25) is 0 Å². The fourth-order valence-corrected chi connectivity index (χ4v) is 2.33. The summed E-state index contributed by atoms with van der Waals surface area (Å²) in [5, 5.41) is 1.09. The van der Waals surface area contributed by atoms with E-state index in [-0.39, 0.29) is 0 Å². The molecule has 1 nitrogen and oxygen atoms in total. The molecule has 1 aliphatic rings. The Morgan fingerprint density at radius 2 is 2.36 bits per heavy atom. The molecule has 0 amide bonds. The molecule has 0 spiro atoms. The fraction of sp³-hybridized carbons (Fsp3) is 0.500. The highest BCUT2D eigenvalue weighted by Crippen LogP contribution is 2.48. The second-order valence-corrected chi connectivity index (χ2v) is 4.33. The molecule has 1 heterocycles. The smallest absolute Gasteiger partial charge is 0.169 e. The summed E-state index contributed by atoms with van der Waals surface area (Å²) in [5.41, 5.74) is 0. The zero-order chi connectivity index (χ0) is 7.84. The van der Waals surface area contributed by atoms with Crippen LogP contribution >= 0.6 is 31.9 Å². The average molecular weight is 280 g/mol. The van der Waals surface area contributed by atoms with Crippen LogP contribution in [-0.2, 0) is 0 Å². The Morgan fingerprint density at radius 1 is 1.55 bits per heavy atom. The normalized spacial score (nSPS) is 28.9. The lowest BCUT2D eigenvalue weighted by atomic mass is 10.3. The van der Waals surface area contributed by atoms with E-state index >= 15 is 0 Å². The van der Waals surface area contributed by atoms with Crippen LogP contribution in [0.2, 0.25) is 0 Å². The predicted molar refractivity (Wildman–Crippen MR) is 51.1 cm³/mol. The molecular formula is C8H8Br2O. The van der Waals surface area contributed by atoms with Crippen LogP contribution in [0, 0.1) is 5.92 Å². The second kappa shape index (κ2) is 2.94. The lowest BCUT2D eigenvalue weighted by Gasteiger charge is -1.89. The third kappa shape index (κ3) is 1.54. The predicted octanol–water partition coefficient (Wildman–Crippen LogP) is 3.54. The van der Waals surface area contributed by atoms with Crippen molar-refractivity contribution in [2.45, 2.75) is 12.3 Å². The third-order valence-electron chi connectivity index (χ3n) is 2.08. The van der Waals surface area contributed by atoms with Crippen molar-refractivity contribution >= 4 is 31.9 Å². The first-order valence-corrected chi connectivity index (χ1v) is 5.54. The number of halogens is 2. The molecule has 60 valence electrons. The molecule has 0 aromatic carbocycles. The molecule has 0 N–H and O–H groups in total. The van der Waals surface area contributed by atoms with E-state index in [1.54, 1.807) is 0 Å². The summed E-state index contributed by atoms with van der Waals surface area (Å²) in [6.45, 7) is 0. The van der Waals surface area contributed by atoms with Crippen molar-refractivity contribution in [3.05, 3.63) is 22.6 Å². The van der Waals surface area contributed by atoms with Crippen LogP contribution in [0.15, 0.2) is 21.2 Å². The highest BCUT2D eigenvalue weighted by molar-refractivity contribution is 9.10. The Kier molecular flexibility index (Phi) is 2.10. The minimum atomic E-state index is 0.667. The quantitative estimate of drug-likeness (QED) is 0.755. The zero-order valence-corrected chi connectivity index (χ0v) is 9.06. The van der Waals surface area contributed by atoms with E-state index in [1.165, 1.54) is 6.42 Å². The Balaban J connectivity index is 2.08. The topological polar surface area (TPSA) is 13.1 Å². The highest BCUT2D eigenvalue weighted by atomic mass is 79.9. The summed E-state index contributed by atoms with van der Waals surface area (Å²) in [7, 11) is 0. The lowest BCUT2D eigenvalue weighted by molar-refractivity contribution is 0.485. The lowest BCUT2D eigenvalue weighted by Crippen LogP contribution is -1.79. The molecule has 1 aromatic heterocycles. The van der Waals surface area contributed by atoms with Gasteiger partial charge in [0.1, 0.15) is 5.76 Å². The second-order valence-electron chi connectivity index (χ2n) is 2.90. The van der Waals surface area contributed by atoms with Crippen LogP contribution in [-0.4, -0.2) is 5.33 Å². The molecule has 0 bridgehead atoms. The SMILES string of the molecule is BrCC1CC1c1ccc(Br)o1. The van der Waals surface area contributed by atoms with E-state index in [1.807, 2.05) is 6.07 Å². The van der Waals surface area contributed by atoms with Crippen molar-refractivity contribution in [2.24, 2.45) is 5.92 Å². The van der Waals surface area contributed by atoms with E-state index in [4.69, 9.17) is 4.42 Å². The van der Waals surface area contributed by atoms with Crippen molar-refractivity contribution in [2.75, 3.05) is 5.33 Å². The average Bonchev–Trinajstić information content (AvgIpc) is 2.68. The maximum atomic E-state index is 5.44. The first kappa shape index (κ1) is 7.87. The molecule has 1 saturated carbocycles. The Hall–Kier alpha value is 0.240. The first-order valence-electron chi connectivity index (χ1n) is 3.62. The van der Waals surface area contributed by atoms with Gasteiger partial charge in [-0.3, -0.25) is 0 Å². The van der Waals surface area contributed by atoms with Crippen molar-refractivity contribution in [3.8, 4) is 0 Å². The van der Waals surface area contributed by atoms with Gasteiger partial charge < -0.3 is 4.42 Å². The molecule has 1 aliphatic carbocycles. The van der Waals surface area contributed by atoms with Gasteiger partial charge in [0.15, 0.2) is 4.67 Å². The van der Waals surface area contributed by atoms with Crippen molar-refractivity contribution in [1.29, 1.82) is 0 Å². The third-order valence-corrected chi connectivity index (χ3v) is 3.34. The van der Waals surface area contributed by atoms with Crippen LogP contribution in [0.1, 0.15) is 18.1 Å². The van der Waals surface area contributed by atoms with Gasteiger partial charge in [-0.25, -0.2) is 0 Å². The van der Waals surface area contributed by atoms with E-state index < -0.39 is 0 Å². The van der Waals surface area contributed by atoms with Crippen LogP contribution < -0.4 is 0 Å². The summed E-state index contributed by atoms with van der Waals surface area (Å²) < 4.78 is 6.28. The van der Waals surface area contributed by atoms with Crippen molar-refractivity contribution in [1.82, 2.24) is 0 Å². The van der Waals surface area contributed by atoms with Gasteiger partial charge in [0.25, 0.3) is 0 Å². The summed E-state index contributed by atoms with van der Waals surface area (Å²) >= 11 is 6.76. The standard InChI is InChI=1S/C8H8Br2O/c9-4-5-3-6(5)7-1-2-8(10)11-7/h1-2,5-6H,3-4H2. The van der Waals surface area contributed by atoms with Gasteiger partial charge in [-0.15, -0.1) is 0 Å². The molecule has 0 radical (unpaired) electrons. The molecule has 2 atom stereocenters. The molecule has 11 heavy (non-hydrogen) atoms. The molecule has 1 aromatic rings. The van der Waals surface area contributed by atoms with E-state index in [0.29, 0.717) is 5.92 Å². The number of hydrogen-bond acceptors (Lipinski definition) is 1. The molecule has 1 fully saturated rings. The van der Waals surface area contributed by atoms with Crippen LogP contribution in [0.4, 0.5) is 0 Å². The van der Waals surface area contributed by atoms with E-state index in [2.05, 4.69) is 37.9 Å². The van der Waals surface area contributed by atoms with E-state index in [0.717, 1.165) is 21.7 Å². The molecule has 2 rings (SSSR count). The molecule has 2 unspecified atom stereocenters. The summed E-state index contributed by atoms with van der Waals surface area (Å²) in [6.07, 6.45) is 1.27. The van der Waals surface area contributed by atoms with Crippen LogP contribution in [0.5, 0.6) is 0 Å². The monoisotopic (exact) mass is 278 g/mol. The van der Waals surface area contributed by atoms with Crippen molar-refractivity contribution < 1.29 is 4.42 Å². The van der Waals surface area contributed by atoms with Crippen LogP contribution in [0.3, 0.4) is 0 Å². The van der Waals surface area contributed by atoms with Gasteiger partial charge >= 0.3 is 0 Å². The summed E-state index contributed by atoms with van der Waals surface area (Å²) in [6, 6.07) is 4.01. The maximum Gasteiger partial charge on any atom is 0.169 e. The van der Waals surface area contributed by atoms with Crippen LogP contribution in [0.25, 0.3) is 0 Å². The van der Waals surface area contributed by atoms with Gasteiger partial charge in [-0.1, -0.05) is 15.9 Å². The minimum absolute atomic E-state index is 0.667.